The predicted molar refractivity (Wildman–Crippen MR) is 98.4 cm³/mol. The lowest BCUT2D eigenvalue weighted by Crippen LogP contribution is -2.51. The molecule has 3 fully saturated rings. The second-order valence-corrected chi connectivity index (χ2v) is 8.05. The van der Waals surface area contributed by atoms with Gasteiger partial charge >= 0.3 is 6.03 Å². The summed E-state index contributed by atoms with van der Waals surface area (Å²) < 4.78 is 0. The highest BCUT2D eigenvalue weighted by atomic mass is 16.2. The van der Waals surface area contributed by atoms with Crippen molar-refractivity contribution in [1.82, 2.24) is 20.9 Å². The maximum atomic E-state index is 12.1. The predicted octanol–water partition coefficient (Wildman–Crippen LogP) is 2.14. The Labute approximate surface area is 151 Å². The van der Waals surface area contributed by atoms with Crippen LogP contribution in [0, 0.1) is 0 Å². The topological polar surface area (TPSA) is 73.5 Å². The van der Waals surface area contributed by atoms with Crippen molar-refractivity contribution in [2.24, 2.45) is 0 Å². The average molecular weight is 351 g/mol. The number of carbonyl (C=O) groups is 2. The molecule has 0 atom stereocenters. The average Bonchev–Trinajstić information content (AvgIpc) is 3.10. The molecule has 25 heavy (non-hydrogen) atoms. The van der Waals surface area contributed by atoms with E-state index in [1.165, 1.54) is 32.1 Å². The van der Waals surface area contributed by atoms with Crippen molar-refractivity contribution in [3.63, 3.8) is 0 Å². The maximum absolute atomic E-state index is 12.1. The van der Waals surface area contributed by atoms with E-state index in [4.69, 9.17) is 0 Å². The van der Waals surface area contributed by atoms with Crippen molar-refractivity contribution in [2.45, 2.75) is 88.8 Å². The highest BCUT2D eigenvalue weighted by Crippen LogP contribution is 2.18. The largest absolute Gasteiger partial charge is 0.352 e. The zero-order valence-corrected chi connectivity index (χ0v) is 15.4. The van der Waals surface area contributed by atoms with Crippen LogP contribution < -0.4 is 16.0 Å². The summed E-state index contributed by atoms with van der Waals surface area (Å²) in [6.45, 7) is 2.26. The SMILES string of the molecule is O=C(CN1CCC(NC(=O)NC2CCCCC2)CC1)NC1CCCC1. The van der Waals surface area contributed by atoms with Crippen molar-refractivity contribution < 1.29 is 9.59 Å². The monoisotopic (exact) mass is 350 g/mol. The molecule has 0 aromatic heterocycles. The Hall–Kier alpha value is -1.30. The minimum atomic E-state index is -0.00988. The number of nitrogens with zero attached hydrogens (tertiary/aromatic N) is 1. The molecule has 3 aliphatic rings. The standard InChI is InChI=1S/C19H34N4O2/c24-18(20-15-8-4-5-9-15)14-23-12-10-17(11-13-23)22-19(25)21-16-6-2-1-3-7-16/h15-17H,1-14H2,(H,20,24)(H2,21,22,25). The van der Waals surface area contributed by atoms with Crippen LogP contribution >= 0.6 is 0 Å². The number of amides is 3. The number of piperidine rings is 1. The lowest BCUT2D eigenvalue weighted by molar-refractivity contribution is -0.123. The van der Waals surface area contributed by atoms with Gasteiger partial charge in [0, 0.05) is 31.2 Å². The normalized spacial score (nSPS) is 24.2. The first-order valence-electron chi connectivity index (χ1n) is 10.3. The van der Waals surface area contributed by atoms with Gasteiger partial charge in [0.05, 0.1) is 6.54 Å². The van der Waals surface area contributed by atoms with E-state index in [-0.39, 0.29) is 18.0 Å². The molecule has 3 amide bonds. The second-order valence-electron chi connectivity index (χ2n) is 8.05. The number of nitrogens with one attached hydrogen (secondary N) is 3. The molecule has 1 saturated heterocycles. The summed E-state index contributed by atoms with van der Waals surface area (Å²) >= 11 is 0. The molecule has 0 spiro atoms. The molecule has 6 nitrogen and oxygen atoms in total. The molecule has 3 rings (SSSR count). The fourth-order valence-electron chi connectivity index (χ4n) is 4.44. The molecule has 6 heteroatoms. The third kappa shape index (κ3) is 6.17. The van der Waals surface area contributed by atoms with Crippen LogP contribution in [-0.2, 0) is 4.79 Å². The van der Waals surface area contributed by atoms with E-state index in [9.17, 15) is 9.59 Å². The van der Waals surface area contributed by atoms with E-state index in [1.807, 2.05) is 0 Å². The van der Waals surface area contributed by atoms with E-state index in [2.05, 4.69) is 20.9 Å². The third-order valence-electron chi connectivity index (χ3n) is 5.95. The number of carbonyl (C=O) groups excluding carboxylic acids is 2. The second kappa shape index (κ2) is 9.41. The smallest absolute Gasteiger partial charge is 0.315 e. The maximum Gasteiger partial charge on any atom is 0.315 e. The Bertz CT molecular complexity index is 437. The van der Waals surface area contributed by atoms with Gasteiger partial charge in [0.2, 0.25) is 5.91 Å². The summed E-state index contributed by atoms with van der Waals surface area (Å²) in [4.78, 5) is 26.5. The van der Waals surface area contributed by atoms with Crippen molar-refractivity contribution in [3.8, 4) is 0 Å². The molecule has 0 bridgehead atoms. The van der Waals surface area contributed by atoms with Crippen LogP contribution in [-0.4, -0.2) is 54.6 Å². The van der Waals surface area contributed by atoms with E-state index in [0.717, 1.165) is 51.6 Å². The van der Waals surface area contributed by atoms with Gasteiger partial charge in [0.25, 0.3) is 0 Å². The molecule has 0 radical (unpaired) electrons. The molecule has 0 aromatic carbocycles. The first-order valence-corrected chi connectivity index (χ1v) is 10.3. The summed E-state index contributed by atoms with van der Waals surface area (Å²) in [5.74, 6) is 0.161. The van der Waals surface area contributed by atoms with Gasteiger partial charge in [0.15, 0.2) is 0 Å². The molecule has 142 valence electrons. The van der Waals surface area contributed by atoms with Crippen molar-refractivity contribution >= 4 is 11.9 Å². The number of likely N-dealkylation sites (tertiary alicyclic amines) is 1. The summed E-state index contributed by atoms with van der Waals surface area (Å²) in [6.07, 6.45) is 12.6. The molecule has 1 heterocycles. The zero-order chi connectivity index (χ0) is 17.5. The summed E-state index contributed by atoms with van der Waals surface area (Å²) in [6, 6.07) is 0.977. The van der Waals surface area contributed by atoms with E-state index < -0.39 is 0 Å². The van der Waals surface area contributed by atoms with Crippen molar-refractivity contribution in [1.29, 1.82) is 0 Å². The molecular weight excluding hydrogens is 316 g/mol. The highest BCUT2D eigenvalue weighted by molar-refractivity contribution is 5.78. The molecule has 1 aliphatic heterocycles. The van der Waals surface area contributed by atoms with Gasteiger partial charge in [-0.25, -0.2) is 4.79 Å². The molecule has 0 unspecified atom stereocenters. The van der Waals surface area contributed by atoms with Crippen molar-refractivity contribution in [2.75, 3.05) is 19.6 Å². The number of hydrogen-bond donors (Lipinski definition) is 3. The Kier molecular flexibility index (Phi) is 6.96. The quantitative estimate of drug-likeness (QED) is 0.711. The van der Waals surface area contributed by atoms with Crippen LogP contribution in [0.4, 0.5) is 4.79 Å². The van der Waals surface area contributed by atoms with Crippen LogP contribution in [0.25, 0.3) is 0 Å². The molecule has 2 saturated carbocycles. The van der Waals surface area contributed by atoms with Crippen LogP contribution in [0.3, 0.4) is 0 Å². The van der Waals surface area contributed by atoms with E-state index in [1.54, 1.807) is 0 Å². The Morgan fingerprint density at radius 2 is 1.16 bits per heavy atom. The first kappa shape index (κ1) is 18.5. The first-order chi connectivity index (χ1) is 12.2. The van der Waals surface area contributed by atoms with Crippen LogP contribution in [0.1, 0.15) is 70.6 Å². The Balaban J connectivity index is 1.29. The number of rotatable bonds is 5. The number of hydrogen-bond acceptors (Lipinski definition) is 3. The minimum absolute atomic E-state index is 0.00988. The van der Waals surface area contributed by atoms with Gasteiger partial charge < -0.3 is 16.0 Å². The summed E-state index contributed by atoms with van der Waals surface area (Å²) in [5, 5.41) is 9.40. The third-order valence-corrected chi connectivity index (χ3v) is 5.95. The lowest BCUT2D eigenvalue weighted by atomic mass is 9.96. The Morgan fingerprint density at radius 1 is 0.680 bits per heavy atom. The van der Waals surface area contributed by atoms with Gasteiger partial charge in [-0.3, -0.25) is 9.69 Å². The van der Waals surface area contributed by atoms with Gasteiger partial charge in [-0.2, -0.15) is 0 Å². The van der Waals surface area contributed by atoms with Crippen molar-refractivity contribution in [3.05, 3.63) is 0 Å². The minimum Gasteiger partial charge on any atom is -0.352 e. The van der Waals surface area contributed by atoms with Gasteiger partial charge in [-0.05, 0) is 38.5 Å². The van der Waals surface area contributed by atoms with E-state index >= 15 is 0 Å². The van der Waals surface area contributed by atoms with E-state index in [0.29, 0.717) is 18.6 Å². The summed E-state index contributed by atoms with van der Waals surface area (Å²) in [5.41, 5.74) is 0. The molecule has 2 aliphatic carbocycles. The van der Waals surface area contributed by atoms with Crippen LogP contribution in [0.5, 0.6) is 0 Å². The van der Waals surface area contributed by atoms with Gasteiger partial charge in [-0.15, -0.1) is 0 Å². The summed E-state index contributed by atoms with van der Waals surface area (Å²) in [7, 11) is 0. The van der Waals surface area contributed by atoms with Crippen LogP contribution in [0.2, 0.25) is 0 Å². The van der Waals surface area contributed by atoms with Gasteiger partial charge in [0.1, 0.15) is 0 Å². The molecule has 0 aromatic rings. The fourth-order valence-corrected chi connectivity index (χ4v) is 4.44. The van der Waals surface area contributed by atoms with Crippen LogP contribution in [0.15, 0.2) is 0 Å². The fraction of sp³-hybridized carbons (Fsp3) is 0.895. The van der Waals surface area contributed by atoms with Gasteiger partial charge in [-0.1, -0.05) is 32.1 Å². The number of urea groups is 1. The lowest BCUT2D eigenvalue weighted by Gasteiger charge is -2.32. The molecular formula is C19H34N4O2. The Morgan fingerprint density at radius 3 is 1.76 bits per heavy atom. The highest BCUT2D eigenvalue weighted by Gasteiger charge is 2.24. The zero-order valence-electron chi connectivity index (χ0n) is 15.4. The molecule has 3 N–H and O–H groups in total.